The third-order valence-corrected chi connectivity index (χ3v) is 8.39. The number of nitrogens with zero attached hydrogens (tertiary/aromatic N) is 1. The molecule has 3 N–H and O–H groups in total. The van der Waals surface area contributed by atoms with Crippen LogP contribution in [0.5, 0.6) is 0 Å². The van der Waals surface area contributed by atoms with Crippen LogP contribution in [0, 0.1) is 24.5 Å². The Bertz CT molecular complexity index is 1380. The molecule has 1 fully saturated rings. The van der Waals surface area contributed by atoms with E-state index >= 15 is 0 Å². The lowest BCUT2D eigenvalue weighted by atomic mass is 9.97. The molecule has 1 aliphatic carbocycles. The van der Waals surface area contributed by atoms with Gasteiger partial charge in [-0.2, -0.15) is 0 Å². The molecule has 1 saturated carbocycles. The molecule has 3 aromatic rings. The van der Waals surface area contributed by atoms with Crippen LogP contribution in [0.4, 0.5) is 8.78 Å². The molecule has 1 amide bonds. The number of benzene rings is 3. The van der Waals surface area contributed by atoms with Gasteiger partial charge in [0, 0.05) is 30.3 Å². The number of carbonyl (C=O) groups excluding carboxylic acids is 1. The van der Waals surface area contributed by atoms with Gasteiger partial charge >= 0.3 is 0 Å². The maximum atomic E-state index is 14.1. The third kappa shape index (κ3) is 11.3. The van der Waals surface area contributed by atoms with E-state index in [1.807, 2.05) is 19.1 Å². The van der Waals surface area contributed by atoms with Crippen LogP contribution in [0.1, 0.15) is 78.2 Å². The zero-order chi connectivity index (χ0) is 31.1. The Hall–Kier alpha value is -2.55. The Labute approximate surface area is 280 Å². The van der Waals surface area contributed by atoms with Gasteiger partial charge in [-0.25, -0.2) is 8.78 Å². The first-order valence-electron chi connectivity index (χ1n) is 15.5. The van der Waals surface area contributed by atoms with E-state index in [0.717, 1.165) is 49.4 Å². The number of aryl methyl sites for hydroxylation is 2. The zero-order valence-corrected chi connectivity index (χ0v) is 28.7. The van der Waals surface area contributed by atoms with Gasteiger partial charge in [0.05, 0.1) is 12.1 Å². The van der Waals surface area contributed by atoms with Crippen molar-refractivity contribution in [1.82, 2.24) is 15.5 Å². The molecule has 0 spiro atoms. The summed E-state index contributed by atoms with van der Waals surface area (Å²) in [5, 5.41) is 17.9. The molecular weight excluding hydrogens is 615 g/mol. The average molecular weight is 665 g/mol. The van der Waals surface area contributed by atoms with E-state index in [9.17, 15) is 18.7 Å². The molecule has 45 heavy (non-hydrogen) atoms. The first-order chi connectivity index (χ1) is 20.5. The molecule has 0 unspecified atom stereocenters. The second-order valence-corrected chi connectivity index (χ2v) is 12.8. The van der Waals surface area contributed by atoms with Crippen LogP contribution in [0.15, 0.2) is 60.7 Å². The molecule has 1 aliphatic rings. The lowest BCUT2D eigenvalue weighted by Gasteiger charge is -2.28. The summed E-state index contributed by atoms with van der Waals surface area (Å²) in [6.45, 7) is 10.4. The Morgan fingerprint density at radius 3 is 2.29 bits per heavy atom. The van der Waals surface area contributed by atoms with Crippen molar-refractivity contribution in [2.75, 3.05) is 20.1 Å². The highest BCUT2D eigenvalue weighted by Crippen LogP contribution is 2.45. The van der Waals surface area contributed by atoms with Crippen LogP contribution in [0.3, 0.4) is 0 Å². The molecule has 2 atom stereocenters. The Kier molecular flexibility index (Phi) is 14.9. The molecule has 0 aromatic heterocycles. The van der Waals surface area contributed by atoms with Crippen molar-refractivity contribution in [3.63, 3.8) is 0 Å². The van der Waals surface area contributed by atoms with Crippen LogP contribution in [0.2, 0.25) is 0 Å². The second-order valence-electron chi connectivity index (χ2n) is 12.8. The average Bonchev–Trinajstić information content (AvgIpc) is 3.75. The van der Waals surface area contributed by atoms with Crippen LogP contribution in [-0.4, -0.2) is 48.2 Å². The molecule has 0 bridgehead atoms. The number of carbonyl (C=O) groups is 1. The van der Waals surface area contributed by atoms with E-state index in [4.69, 9.17) is 0 Å². The lowest BCUT2D eigenvalue weighted by molar-refractivity contribution is 0.0821. The van der Waals surface area contributed by atoms with E-state index < -0.39 is 23.8 Å². The van der Waals surface area contributed by atoms with E-state index in [1.165, 1.54) is 23.3 Å². The summed E-state index contributed by atoms with van der Waals surface area (Å²) in [6.07, 6.45) is 3.04. The van der Waals surface area contributed by atoms with Crippen molar-refractivity contribution in [3.05, 3.63) is 106 Å². The number of nitrogens with one attached hydrogen (secondary N) is 2. The molecule has 3 aromatic carbocycles. The van der Waals surface area contributed by atoms with Crippen LogP contribution >= 0.6 is 24.8 Å². The third-order valence-electron chi connectivity index (χ3n) is 8.39. The van der Waals surface area contributed by atoms with Crippen LogP contribution in [0.25, 0.3) is 0 Å². The SMILES string of the molecule is CCc1cccc(C2(NC[C@H](O)[C@H](Cc3cc(F)cc(F)c3)NC(=O)c3cc(C)cc(CN(C)CCC(C)C)c3)CC2)c1.Cl.Cl. The minimum Gasteiger partial charge on any atom is -0.390 e. The predicted octanol–water partition coefficient (Wildman–Crippen LogP) is 7.14. The summed E-state index contributed by atoms with van der Waals surface area (Å²) in [7, 11) is 2.08. The lowest BCUT2D eigenvalue weighted by Crippen LogP contribution is -2.50. The van der Waals surface area contributed by atoms with Gasteiger partial charge in [-0.3, -0.25) is 4.79 Å². The van der Waals surface area contributed by atoms with Crippen molar-refractivity contribution < 1.29 is 18.7 Å². The molecule has 5 nitrogen and oxygen atoms in total. The number of amides is 1. The molecule has 0 saturated heterocycles. The minimum absolute atomic E-state index is 0. The molecule has 0 heterocycles. The van der Waals surface area contributed by atoms with E-state index in [2.05, 4.69) is 73.7 Å². The number of hydrogen-bond donors (Lipinski definition) is 3. The second kappa shape index (κ2) is 17.4. The van der Waals surface area contributed by atoms with Crippen molar-refractivity contribution in [2.24, 2.45) is 5.92 Å². The Morgan fingerprint density at radius 1 is 0.978 bits per heavy atom. The molecule has 248 valence electrons. The van der Waals surface area contributed by atoms with Gasteiger partial charge in [-0.15, -0.1) is 24.8 Å². The zero-order valence-electron chi connectivity index (χ0n) is 27.0. The normalized spacial score (nSPS) is 14.8. The topological polar surface area (TPSA) is 64.6 Å². The summed E-state index contributed by atoms with van der Waals surface area (Å²) in [4.78, 5) is 15.8. The van der Waals surface area contributed by atoms with E-state index in [0.29, 0.717) is 23.6 Å². The predicted molar refractivity (Wildman–Crippen MR) is 184 cm³/mol. The highest BCUT2D eigenvalue weighted by Gasteiger charge is 2.44. The van der Waals surface area contributed by atoms with Crippen molar-refractivity contribution >= 4 is 30.7 Å². The molecule has 4 rings (SSSR count). The summed E-state index contributed by atoms with van der Waals surface area (Å²) in [5.74, 6) is -1.09. The fourth-order valence-electron chi connectivity index (χ4n) is 5.70. The smallest absolute Gasteiger partial charge is 0.251 e. The molecule has 0 radical (unpaired) electrons. The van der Waals surface area contributed by atoms with Gasteiger partial charge in [-0.05, 0) is 105 Å². The standard InChI is InChI=1S/C36H47F2N3O2.2ClH/c1-6-26-8-7-9-30(17-26)36(11-12-36)39-22-34(42)33(20-27-18-31(37)21-32(38)19-27)40-35(43)29-15-25(4)14-28(16-29)23-41(5)13-10-24(2)3;;/h7-9,14-19,21,24,33-34,39,42H,6,10-13,20,22-23H2,1-5H3,(H,40,43);2*1H/t33-,34-;;/m0../s1. The minimum atomic E-state index is -0.992. The number of aliphatic hydroxyl groups is 1. The molecule has 0 aliphatic heterocycles. The number of aliphatic hydroxyl groups excluding tert-OH is 1. The Balaban J connectivity index is 0.00000353. The Morgan fingerprint density at radius 2 is 1.67 bits per heavy atom. The van der Waals surface area contributed by atoms with Crippen molar-refractivity contribution in [3.8, 4) is 0 Å². The fourth-order valence-corrected chi connectivity index (χ4v) is 5.70. The maximum absolute atomic E-state index is 14.1. The number of rotatable bonds is 15. The summed E-state index contributed by atoms with van der Waals surface area (Å²) < 4.78 is 28.1. The number of hydrogen-bond acceptors (Lipinski definition) is 4. The van der Waals surface area contributed by atoms with Gasteiger partial charge in [0.1, 0.15) is 11.6 Å². The van der Waals surface area contributed by atoms with E-state index in [1.54, 1.807) is 0 Å². The summed E-state index contributed by atoms with van der Waals surface area (Å²) in [5.41, 5.74) is 5.11. The quantitative estimate of drug-likeness (QED) is 0.162. The number of halogens is 4. The summed E-state index contributed by atoms with van der Waals surface area (Å²) in [6, 6.07) is 16.8. The van der Waals surface area contributed by atoms with Gasteiger partial charge in [0.15, 0.2) is 0 Å². The highest BCUT2D eigenvalue weighted by molar-refractivity contribution is 5.94. The van der Waals surface area contributed by atoms with Crippen molar-refractivity contribution in [2.45, 2.75) is 84.0 Å². The first kappa shape index (κ1) is 38.6. The van der Waals surface area contributed by atoms with Crippen LogP contribution < -0.4 is 10.6 Å². The monoisotopic (exact) mass is 663 g/mol. The maximum Gasteiger partial charge on any atom is 0.251 e. The molecule has 9 heteroatoms. The fraction of sp³-hybridized carbons (Fsp3) is 0.472. The van der Waals surface area contributed by atoms with Gasteiger partial charge in [0.25, 0.3) is 5.91 Å². The highest BCUT2D eigenvalue weighted by atomic mass is 35.5. The first-order valence-corrected chi connectivity index (χ1v) is 15.5. The van der Waals surface area contributed by atoms with Gasteiger partial charge < -0.3 is 20.6 Å². The van der Waals surface area contributed by atoms with Crippen LogP contribution in [-0.2, 0) is 24.9 Å². The van der Waals surface area contributed by atoms with Gasteiger partial charge in [0.2, 0.25) is 0 Å². The molecular formula is C36H49Cl2F2N3O2. The van der Waals surface area contributed by atoms with E-state index in [-0.39, 0.29) is 49.2 Å². The largest absolute Gasteiger partial charge is 0.390 e. The van der Waals surface area contributed by atoms with Crippen molar-refractivity contribution in [1.29, 1.82) is 0 Å². The van der Waals surface area contributed by atoms with Gasteiger partial charge in [-0.1, -0.05) is 56.7 Å². The summed E-state index contributed by atoms with van der Waals surface area (Å²) >= 11 is 0.